The number of aromatic nitrogens is 1. The van der Waals surface area contributed by atoms with Crippen LogP contribution in [0.25, 0.3) is 17.3 Å². The summed E-state index contributed by atoms with van der Waals surface area (Å²) in [6.07, 6.45) is 15.4. The average molecular weight is 623 g/mol. The highest BCUT2D eigenvalue weighted by Gasteiger charge is 2.26. The van der Waals surface area contributed by atoms with E-state index in [1.54, 1.807) is 12.1 Å². The maximum Gasteiger partial charge on any atom is 0.310 e. The number of nitriles is 1. The van der Waals surface area contributed by atoms with Crippen molar-refractivity contribution in [2.45, 2.75) is 78.7 Å². The molecule has 0 fully saturated rings. The number of carbonyl (C=O) groups is 1. The van der Waals surface area contributed by atoms with Gasteiger partial charge in [0.25, 0.3) is 0 Å². The van der Waals surface area contributed by atoms with Gasteiger partial charge in [0.05, 0.1) is 12.1 Å². The number of esters is 1. The first-order valence-electron chi connectivity index (χ1n) is 15.5. The topological polar surface area (TPSA) is 72.2 Å². The monoisotopic (exact) mass is 622 g/mol. The Labute approximate surface area is 269 Å². The van der Waals surface area contributed by atoms with Crippen molar-refractivity contribution in [3.63, 3.8) is 0 Å². The third-order valence-corrected chi connectivity index (χ3v) is 8.96. The summed E-state index contributed by atoms with van der Waals surface area (Å²) in [5.41, 5.74) is 10.8. The summed E-state index contributed by atoms with van der Waals surface area (Å²) in [6.45, 7) is 10.3. The SMILES string of the molecule is CCC1=C(/C(C)=C\c2nc(-c3ccc(F)cc3)c(C#N)s2)C2=C(C=C=CC(C3CCC=C(CC(=O)OC(C)(C)C)CC3)=C2)CO1. The van der Waals surface area contributed by atoms with Crippen molar-refractivity contribution in [2.75, 3.05) is 6.61 Å². The van der Waals surface area contributed by atoms with Crippen molar-refractivity contribution in [2.24, 2.45) is 5.92 Å². The number of nitrogens with zero attached hydrogens (tertiary/aromatic N) is 2. The summed E-state index contributed by atoms with van der Waals surface area (Å²) in [5.74, 6) is 0.756. The molecule has 232 valence electrons. The van der Waals surface area contributed by atoms with E-state index in [0.29, 0.717) is 40.1 Å². The molecule has 1 atom stereocenters. The Morgan fingerprint density at radius 3 is 2.73 bits per heavy atom. The Morgan fingerprint density at radius 1 is 1.24 bits per heavy atom. The fraction of sp³-hybridized carbons (Fsp3) is 0.368. The number of benzene rings is 1. The molecule has 0 spiro atoms. The standard InChI is InChI=1S/C38H39FN2O3S/c1-6-32-36(24(2)19-34-41-37(33(22-40)45-34)27-15-17-30(39)18-16-27)31-21-28(11-8-12-29(31)23-43-32)26-10-7-9-25(13-14-26)20-35(42)44-38(3,4)5/h9,11-12,15-19,21,26H,6-7,10,13-14,20,23H2,1-5H3/b24-19-. The molecule has 3 aliphatic rings. The molecule has 2 aliphatic carbocycles. The zero-order chi connectivity index (χ0) is 32.1. The van der Waals surface area contributed by atoms with E-state index in [9.17, 15) is 14.4 Å². The van der Waals surface area contributed by atoms with Crippen molar-refractivity contribution in [1.82, 2.24) is 4.98 Å². The number of halogens is 1. The van der Waals surface area contributed by atoms with Gasteiger partial charge in [0, 0.05) is 23.1 Å². The van der Waals surface area contributed by atoms with Gasteiger partial charge in [-0.15, -0.1) is 17.1 Å². The van der Waals surface area contributed by atoms with Gasteiger partial charge in [-0.25, -0.2) is 9.37 Å². The molecule has 0 amide bonds. The summed E-state index contributed by atoms with van der Waals surface area (Å²) in [6, 6.07) is 8.32. The summed E-state index contributed by atoms with van der Waals surface area (Å²) in [7, 11) is 0. The molecule has 2 aromatic rings. The second-order valence-electron chi connectivity index (χ2n) is 12.6. The van der Waals surface area contributed by atoms with Gasteiger partial charge in [0.2, 0.25) is 0 Å². The zero-order valence-corrected chi connectivity index (χ0v) is 27.4. The first-order chi connectivity index (χ1) is 21.5. The maximum absolute atomic E-state index is 13.5. The Kier molecular flexibility index (Phi) is 9.87. The highest BCUT2D eigenvalue weighted by Crippen LogP contribution is 2.39. The van der Waals surface area contributed by atoms with E-state index in [-0.39, 0.29) is 11.8 Å². The summed E-state index contributed by atoms with van der Waals surface area (Å²) >= 11 is 1.32. The van der Waals surface area contributed by atoms with Gasteiger partial charge >= 0.3 is 5.97 Å². The van der Waals surface area contributed by atoms with Crippen LogP contribution in [0.5, 0.6) is 0 Å². The van der Waals surface area contributed by atoms with Crippen LogP contribution in [0, 0.1) is 23.1 Å². The lowest BCUT2D eigenvalue weighted by atomic mass is 9.85. The second kappa shape index (κ2) is 13.8. The van der Waals surface area contributed by atoms with Gasteiger partial charge in [-0.2, -0.15) is 5.26 Å². The molecule has 0 radical (unpaired) electrons. The lowest BCUT2D eigenvalue weighted by Gasteiger charge is -2.25. The Bertz CT molecular complexity index is 1750. The molecule has 45 heavy (non-hydrogen) atoms. The summed E-state index contributed by atoms with van der Waals surface area (Å²) in [4.78, 5) is 17.7. The third-order valence-electron chi connectivity index (χ3n) is 8.06. The van der Waals surface area contributed by atoms with Crippen LogP contribution < -0.4 is 0 Å². The Morgan fingerprint density at radius 2 is 2.02 bits per heavy atom. The third kappa shape index (κ3) is 7.89. The molecule has 1 aromatic heterocycles. The molecule has 1 aromatic carbocycles. The molecule has 0 N–H and O–H groups in total. The molecule has 7 heteroatoms. The van der Waals surface area contributed by atoms with Gasteiger partial charge in [-0.1, -0.05) is 18.6 Å². The molecule has 0 bridgehead atoms. The predicted molar refractivity (Wildman–Crippen MR) is 177 cm³/mol. The Balaban J connectivity index is 1.41. The highest BCUT2D eigenvalue weighted by molar-refractivity contribution is 7.13. The number of hydrogen-bond acceptors (Lipinski definition) is 6. The smallest absolute Gasteiger partial charge is 0.310 e. The Hall–Kier alpha value is -4.24. The van der Waals surface area contributed by atoms with Crippen LogP contribution >= 0.6 is 11.3 Å². The molecule has 0 saturated heterocycles. The van der Waals surface area contributed by atoms with E-state index in [4.69, 9.17) is 14.5 Å². The number of hydrogen-bond donors (Lipinski definition) is 0. The normalized spacial score (nSPS) is 18.8. The lowest BCUT2D eigenvalue weighted by molar-refractivity contribution is -0.153. The van der Waals surface area contributed by atoms with Crippen LogP contribution in [0.4, 0.5) is 4.39 Å². The largest absolute Gasteiger partial charge is 0.493 e. The highest BCUT2D eigenvalue weighted by atomic mass is 32.1. The lowest BCUT2D eigenvalue weighted by Crippen LogP contribution is -2.24. The van der Waals surface area contributed by atoms with Crippen LogP contribution in [-0.4, -0.2) is 23.2 Å². The summed E-state index contributed by atoms with van der Waals surface area (Å²) in [5, 5.41) is 10.5. The van der Waals surface area contributed by atoms with Crippen LogP contribution in [0.3, 0.4) is 0 Å². The predicted octanol–water partition coefficient (Wildman–Crippen LogP) is 9.71. The molecule has 5 nitrogen and oxygen atoms in total. The van der Waals surface area contributed by atoms with E-state index in [1.807, 2.05) is 32.9 Å². The van der Waals surface area contributed by atoms with Gasteiger partial charge in [-0.3, -0.25) is 4.79 Å². The first kappa shape index (κ1) is 32.2. The van der Waals surface area contributed by atoms with Crippen LogP contribution in [0.1, 0.15) is 83.0 Å². The minimum absolute atomic E-state index is 0.170. The van der Waals surface area contributed by atoms with Gasteiger partial charge in [-0.05, 0) is 125 Å². The van der Waals surface area contributed by atoms with Gasteiger partial charge in [0.15, 0.2) is 0 Å². The van der Waals surface area contributed by atoms with Crippen molar-refractivity contribution < 1.29 is 18.7 Å². The van der Waals surface area contributed by atoms with Crippen molar-refractivity contribution >= 4 is 23.4 Å². The minimum Gasteiger partial charge on any atom is -0.493 e. The van der Waals surface area contributed by atoms with Crippen molar-refractivity contribution in [3.05, 3.63) is 109 Å². The molecule has 5 rings (SSSR count). The fourth-order valence-electron chi connectivity index (χ4n) is 5.99. The van der Waals surface area contributed by atoms with Crippen LogP contribution in [0.15, 0.2) is 93.5 Å². The second-order valence-corrected chi connectivity index (χ2v) is 13.6. The van der Waals surface area contributed by atoms with Gasteiger partial charge in [0.1, 0.15) is 39.7 Å². The van der Waals surface area contributed by atoms with Crippen molar-refractivity contribution in [1.29, 1.82) is 5.26 Å². The zero-order valence-electron chi connectivity index (χ0n) is 26.6. The number of thiazole rings is 1. The maximum atomic E-state index is 13.5. The van der Waals surface area contributed by atoms with E-state index in [2.05, 4.69) is 43.9 Å². The molecule has 0 saturated carbocycles. The molecule has 1 aliphatic heterocycles. The van der Waals surface area contributed by atoms with E-state index < -0.39 is 5.60 Å². The molecular formula is C38H39FN2O3S. The van der Waals surface area contributed by atoms with E-state index in [1.165, 1.54) is 29.0 Å². The fourth-order valence-corrected chi connectivity index (χ4v) is 6.88. The number of ether oxygens (including phenoxy) is 2. The molecule has 2 heterocycles. The first-order valence-corrected chi connectivity index (χ1v) is 16.3. The average Bonchev–Trinajstić information content (AvgIpc) is 3.12. The number of allylic oxidation sites excluding steroid dienone is 7. The van der Waals surface area contributed by atoms with Gasteiger partial charge < -0.3 is 9.47 Å². The molecular weight excluding hydrogens is 583 g/mol. The van der Waals surface area contributed by atoms with Crippen LogP contribution in [0.2, 0.25) is 0 Å². The van der Waals surface area contributed by atoms with E-state index >= 15 is 0 Å². The minimum atomic E-state index is -0.486. The quantitative estimate of drug-likeness (QED) is 0.175. The summed E-state index contributed by atoms with van der Waals surface area (Å²) < 4.78 is 25.3. The number of rotatable bonds is 7. The van der Waals surface area contributed by atoms with E-state index in [0.717, 1.165) is 65.7 Å². The van der Waals surface area contributed by atoms with Crippen molar-refractivity contribution in [3.8, 4) is 17.3 Å². The van der Waals surface area contributed by atoms with Crippen LogP contribution in [-0.2, 0) is 14.3 Å². The number of carbonyl (C=O) groups excluding carboxylic acids is 1. The molecule has 1 unspecified atom stereocenters.